The Morgan fingerprint density at radius 1 is 1.26 bits per heavy atom. The monoisotopic (exact) mass is 390 g/mol. The van der Waals surface area contributed by atoms with Crippen molar-refractivity contribution in [3.63, 3.8) is 0 Å². The largest absolute Gasteiger partial charge is 0.452 e. The summed E-state index contributed by atoms with van der Waals surface area (Å²) in [6, 6.07) is 7.46. The first-order valence-electron chi connectivity index (χ1n) is 8.63. The molecule has 8 heteroatoms. The summed E-state index contributed by atoms with van der Waals surface area (Å²) in [6.07, 6.45) is 0.349. The summed E-state index contributed by atoms with van der Waals surface area (Å²) in [5.41, 5.74) is 1.83. The molecule has 1 atom stereocenters. The van der Waals surface area contributed by atoms with E-state index < -0.39 is 33.9 Å². The molecule has 1 N–H and O–H groups in total. The SMILES string of the molecule is Cc1ccc2nc(C)c(C(=O)OCC(=O)N[C@]3(C)CCS(=O)(=O)C3)cc2c1. The number of fused-ring (bicyclic) bond motifs is 1. The van der Waals surface area contributed by atoms with Crippen LogP contribution in [0.2, 0.25) is 0 Å². The normalized spacial score (nSPS) is 21.1. The molecule has 1 fully saturated rings. The van der Waals surface area contributed by atoms with Crippen molar-refractivity contribution in [2.45, 2.75) is 32.7 Å². The van der Waals surface area contributed by atoms with Crippen LogP contribution >= 0.6 is 0 Å². The van der Waals surface area contributed by atoms with Gasteiger partial charge in [-0.05, 0) is 45.4 Å². The van der Waals surface area contributed by atoms with Crippen LogP contribution in [0.3, 0.4) is 0 Å². The zero-order valence-corrected chi connectivity index (χ0v) is 16.4. The van der Waals surface area contributed by atoms with E-state index in [-0.39, 0.29) is 11.5 Å². The number of amides is 1. The molecule has 1 aliphatic heterocycles. The predicted molar refractivity (Wildman–Crippen MR) is 101 cm³/mol. The molecule has 0 bridgehead atoms. The van der Waals surface area contributed by atoms with Gasteiger partial charge < -0.3 is 10.1 Å². The first-order valence-corrected chi connectivity index (χ1v) is 10.5. The van der Waals surface area contributed by atoms with Crippen molar-refractivity contribution in [1.29, 1.82) is 0 Å². The molecular formula is C19H22N2O5S. The highest BCUT2D eigenvalue weighted by Gasteiger charge is 2.39. The van der Waals surface area contributed by atoms with Crippen LogP contribution in [0.1, 0.15) is 35.0 Å². The maximum atomic E-state index is 12.4. The molecule has 7 nitrogen and oxygen atoms in total. The van der Waals surface area contributed by atoms with Gasteiger partial charge in [0.1, 0.15) is 0 Å². The lowest BCUT2D eigenvalue weighted by Crippen LogP contribution is -2.48. The van der Waals surface area contributed by atoms with Gasteiger partial charge in [0.2, 0.25) is 0 Å². The highest BCUT2D eigenvalue weighted by molar-refractivity contribution is 7.91. The van der Waals surface area contributed by atoms with E-state index in [1.165, 1.54) is 0 Å². The molecule has 1 aromatic carbocycles. The third-order valence-electron chi connectivity index (χ3n) is 4.66. The molecule has 27 heavy (non-hydrogen) atoms. The van der Waals surface area contributed by atoms with Crippen LogP contribution in [0.4, 0.5) is 0 Å². The van der Waals surface area contributed by atoms with E-state index in [0.717, 1.165) is 16.5 Å². The molecule has 144 valence electrons. The van der Waals surface area contributed by atoms with Gasteiger partial charge >= 0.3 is 5.97 Å². The van der Waals surface area contributed by atoms with Crippen LogP contribution in [0, 0.1) is 13.8 Å². The Morgan fingerprint density at radius 3 is 2.67 bits per heavy atom. The number of aryl methyl sites for hydroxylation is 2. The number of benzene rings is 1. The topological polar surface area (TPSA) is 102 Å². The Bertz CT molecular complexity index is 1030. The number of sulfone groups is 1. The van der Waals surface area contributed by atoms with Gasteiger partial charge in [-0.2, -0.15) is 0 Å². The summed E-state index contributed by atoms with van der Waals surface area (Å²) in [4.78, 5) is 28.9. The molecule has 0 radical (unpaired) electrons. The summed E-state index contributed by atoms with van der Waals surface area (Å²) >= 11 is 0. The van der Waals surface area contributed by atoms with Gasteiger partial charge in [0.05, 0.1) is 33.8 Å². The summed E-state index contributed by atoms with van der Waals surface area (Å²) in [5.74, 6) is -1.22. The molecular weight excluding hydrogens is 368 g/mol. The smallest absolute Gasteiger partial charge is 0.340 e. The minimum atomic E-state index is -3.13. The molecule has 1 saturated heterocycles. The number of carbonyl (C=O) groups is 2. The Kier molecular flexibility index (Phi) is 4.94. The fourth-order valence-electron chi connectivity index (χ4n) is 3.29. The van der Waals surface area contributed by atoms with Crippen LogP contribution in [0.15, 0.2) is 24.3 Å². The summed E-state index contributed by atoms with van der Waals surface area (Å²) in [5, 5.41) is 3.48. The first-order chi connectivity index (χ1) is 12.6. The van der Waals surface area contributed by atoms with Crippen molar-refractivity contribution < 1.29 is 22.7 Å². The molecule has 3 rings (SSSR count). The second kappa shape index (κ2) is 6.92. The molecule has 2 aromatic rings. The van der Waals surface area contributed by atoms with Gasteiger partial charge in [0, 0.05) is 5.39 Å². The van der Waals surface area contributed by atoms with Crippen LogP contribution in [-0.4, -0.2) is 48.9 Å². The zero-order valence-electron chi connectivity index (χ0n) is 15.5. The number of hydrogen-bond acceptors (Lipinski definition) is 6. The molecule has 1 aromatic heterocycles. The minimum absolute atomic E-state index is 0.0466. The Balaban J connectivity index is 1.66. The third kappa shape index (κ3) is 4.44. The summed E-state index contributed by atoms with van der Waals surface area (Å²) < 4.78 is 28.3. The Morgan fingerprint density at radius 2 is 2.00 bits per heavy atom. The highest BCUT2D eigenvalue weighted by atomic mass is 32.2. The van der Waals surface area contributed by atoms with Gasteiger partial charge in [0.25, 0.3) is 5.91 Å². The number of ether oxygens (including phenoxy) is 1. The van der Waals surface area contributed by atoms with E-state index >= 15 is 0 Å². The van der Waals surface area contributed by atoms with E-state index in [1.54, 1.807) is 19.9 Å². The molecule has 2 heterocycles. The molecule has 0 aliphatic carbocycles. The fourth-order valence-corrected chi connectivity index (χ4v) is 5.38. The number of hydrogen-bond donors (Lipinski definition) is 1. The zero-order chi connectivity index (χ0) is 19.8. The van der Waals surface area contributed by atoms with E-state index in [0.29, 0.717) is 17.7 Å². The molecule has 0 spiro atoms. The minimum Gasteiger partial charge on any atom is -0.452 e. The van der Waals surface area contributed by atoms with Crippen molar-refractivity contribution in [2.24, 2.45) is 0 Å². The standard InChI is InChI=1S/C19H22N2O5S/c1-12-4-5-16-14(8-12)9-15(13(2)20-16)18(23)26-10-17(22)21-19(3)6-7-27(24,25)11-19/h4-5,8-9H,6-7,10-11H2,1-3H3,(H,21,22)/t19-/m1/s1. The van der Waals surface area contributed by atoms with Gasteiger partial charge in [-0.3, -0.25) is 9.78 Å². The average molecular weight is 390 g/mol. The number of aromatic nitrogens is 1. The van der Waals surface area contributed by atoms with E-state index in [9.17, 15) is 18.0 Å². The number of pyridine rings is 1. The molecule has 0 unspecified atom stereocenters. The third-order valence-corrected chi connectivity index (χ3v) is 6.56. The quantitative estimate of drug-likeness (QED) is 0.797. The first kappa shape index (κ1) is 19.3. The Labute approximate surface area is 158 Å². The number of nitrogens with zero attached hydrogens (tertiary/aromatic N) is 1. The van der Waals surface area contributed by atoms with Crippen molar-refractivity contribution in [3.05, 3.63) is 41.1 Å². The average Bonchev–Trinajstić information content (AvgIpc) is 2.85. The molecule has 0 saturated carbocycles. The van der Waals surface area contributed by atoms with Gasteiger partial charge in [-0.1, -0.05) is 11.6 Å². The van der Waals surface area contributed by atoms with Crippen LogP contribution in [0.5, 0.6) is 0 Å². The lowest BCUT2D eigenvalue weighted by atomic mass is 10.0. The van der Waals surface area contributed by atoms with Crippen LogP contribution in [0.25, 0.3) is 10.9 Å². The molecule has 1 amide bonds. The van der Waals surface area contributed by atoms with Crippen molar-refractivity contribution in [1.82, 2.24) is 10.3 Å². The predicted octanol–water partition coefficient (Wildman–Crippen LogP) is 1.70. The maximum Gasteiger partial charge on any atom is 0.340 e. The van der Waals surface area contributed by atoms with Gasteiger partial charge in [0.15, 0.2) is 16.4 Å². The lowest BCUT2D eigenvalue weighted by Gasteiger charge is -2.23. The number of rotatable bonds is 4. The molecule has 1 aliphatic rings. The van der Waals surface area contributed by atoms with Gasteiger partial charge in [-0.25, -0.2) is 13.2 Å². The number of esters is 1. The van der Waals surface area contributed by atoms with Gasteiger partial charge in [-0.15, -0.1) is 0 Å². The second-order valence-corrected chi connectivity index (χ2v) is 9.53. The number of nitrogens with one attached hydrogen (secondary N) is 1. The Hall–Kier alpha value is -2.48. The second-order valence-electron chi connectivity index (χ2n) is 7.34. The van der Waals surface area contributed by atoms with Crippen LogP contribution in [-0.2, 0) is 19.4 Å². The van der Waals surface area contributed by atoms with E-state index in [4.69, 9.17) is 4.74 Å². The fraction of sp³-hybridized carbons (Fsp3) is 0.421. The number of carbonyl (C=O) groups excluding carboxylic acids is 2. The highest BCUT2D eigenvalue weighted by Crippen LogP contribution is 2.23. The van der Waals surface area contributed by atoms with E-state index in [2.05, 4.69) is 10.3 Å². The maximum absolute atomic E-state index is 12.4. The lowest BCUT2D eigenvalue weighted by molar-refractivity contribution is -0.125. The van der Waals surface area contributed by atoms with Crippen molar-refractivity contribution >= 4 is 32.6 Å². The van der Waals surface area contributed by atoms with Crippen molar-refractivity contribution in [2.75, 3.05) is 18.1 Å². The van der Waals surface area contributed by atoms with Crippen LogP contribution < -0.4 is 5.32 Å². The summed E-state index contributed by atoms with van der Waals surface area (Å²) in [6.45, 7) is 4.86. The van der Waals surface area contributed by atoms with E-state index in [1.807, 2.05) is 25.1 Å². The summed E-state index contributed by atoms with van der Waals surface area (Å²) in [7, 11) is -3.13. The van der Waals surface area contributed by atoms with Crippen molar-refractivity contribution in [3.8, 4) is 0 Å².